The van der Waals surface area contributed by atoms with E-state index in [1.165, 1.54) is 14.0 Å². The molecule has 21 heavy (non-hydrogen) atoms. The lowest BCUT2D eigenvalue weighted by Gasteiger charge is -2.15. The summed E-state index contributed by atoms with van der Waals surface area (Å²) in [6.45, 7) is 3.30. The predicted octanol–water partition coefficient (Wildman–Crippen LogP) is 1.82. The highest BCUT2D eigenvalue weighted by molar-refractivity contribution is 7.92. The van der Waals surface area contributed by atoms with E-state index in [4.69, 9.17) is 10.5 Å². The van der Waals surface area contributed by atoms with Crippen molar-refractivity contribution >= 4 is 27.1 Å². The van der Waals surface area contributed by atoms with Crippen molar-refractivity contribution in [1.82, 2.24) is 0 Å². The summed E-state index contributed by atoms with van der Waals surface area (Å²) in [4.78, 5) is 12.1. The molecule has 6 nitrogen and oxygen atoms in total. The first-order valence-corrected chi connectivity index (χ1v) is 8.49. The number of methoxy groups -OCH3 is 1. The van der Waals surface area contributed by atoms with Crippen LogP contribution in [-0.2, 0) is 14.6 Å². The minimum Gasteiger partial charge on any atom is -0.494 e. The molecule has 0 aliphatic heterocycles. The fourth-order valence-electron chi connectivity index (χ4n) is 1.73. The van der Waals surface area contributed by atoms with E-state index in [9.17, 15) is 13.2 Å². The average molecular weight is 314 g/mol. The monoisotopic (exact) mass is 314 g/mol. The van der Waals surface area contributed by atoms with E-state index in [2.05, 4.69) is 5.32 Å². The van der Waals surface area contributed by atoms with E-state index in [0.717, 1.165) is 6.42 Å². The van der Waals surface area contributed by atoms with E-state index in [-0.39, 0.29) is 5.75 Å². The van der Waals surface area contributed by atoms with Gasteiger partial charge in [0, 0.05) is 11.8 Å². The fourth-order valence-corrected chi connectivity index (χ4v) is 3.16. The van der Waals surface area contributed by atoms with Crippen LogP contribution >= 0.6 is 0 Å². The van der Waals surface area contributed by atoms with Crippen molar-refractivity contribution in [2.45, 2.75) is 31.9 Å². The molecule has 1 aromatic rings. The van der Waals surface area contributed by atoms with Gasteiger partial charge < -0.3 is 15.8 Å². The second-order valence-corrected chi connectivity index (χ2v) is 7.25. The number of hydrogen-bond donors (Lipinski definition) is 2. The van der Waals surface area contributed by atoms with Gasteiger partial charge in [-0.15, -0.1) is 0 Å². The second kappa shape index (κ2) is 7.31. The van der Waals surface area contributed by atoms with Crippen LogP contribution < -0.4 is 15.8 Å². The van der Waals surface area contributed by atoms with Crippen molar-refractivity contribution in [3.05, 3.63) is 18.2 Å². The van der Waals surface area contributed by atoms with Gasteiger partial charge in [-0.05, 0) is 25.5 Å². The maximum absolute atomic E-state index is 12.1. The lowest BCUT2D eigenvalue weighted by molar-refractivity contribution is -0.115. The molecule has 0 saturated carbocycles. The highest BCUT2D eigenvalue weighted by Gasteiger charge is 2.27. The third kappa shape index (κ3) is 4.63. The van der Waals surface area contributed by atoms with Crippen LogP contribution in [0.2, 0.25) is 0 Å². The molecule has 0 radical (unpaired) electrons. The van der Waals surface area contributed by atoms with Gasteiger partial charge in [0.15, 0.2) is 9.84 Å². The Hall–Kier alpha value is -1.76. The van der Waals surface area contributed by atoms with E-state index in [1.807, 2.05) is 6.92 Å². The van der Waals surface area contributed by atoms with Crippen LogP contribution in [0.3, 0.4) is 0 Å². The standard InChI is InChI=1S/C14H22N2O4S/c1-4-5-8-21(18,19)10(2)14(17)16-12-7-6-11(15)9-13(12)20-3/h6-7,9-10H,4-5,8,15H2,1-3H3,(H,16,17). The Labute approximate surface area is 125 Å². The summed E-state index contributed by atoms with van der Waals surface area (Å²) >= 11 is 0. The van der Waals surface area contributed by atoms with Crippen LogP contribution in [0.4, 0.5) is 11.4 Å². The molecule has 0 fully saturated rings. The summed E-state index contributed by atoms with van der Waals surface area (Å²) < 4.78 is 29.1. The Morgan fingerprint density at radius 1 is 1.43 bits per heavy atom. The largest absolute Gasteiger partial charge is 0.494 e. The van der Waals surface area contributed by atoms with Gasteiger partial charge in [0.2, 0.25) is 5.91 Å². The van der Waals surface area contributed by atoms with Gasteiger partial charge in [0.25, 0.3) is 0 Å². The average Bonchev–Trinajstić information content (AvgIpc) is 2.45. The number of sulfone groups is 1. The fraction of sp³-hybridized carbons (Fsp3) is 0.500. The zero-order chi connectivity index (χ0) is 16.0. The third-order valence-electron chi connectivity index (χ3n) is 3.17. The molecular weight excluding hydrogens is 292 g/mol. The Bertz CT molecular complexity index is 599. The molecule has 1 aromatic carbocycles. The number of unbranched alkanes of at least 4 members (excludes halogenated alkanes) is 1. The summed E-state index contributed by atoms with van der Waals surface area (Å²) in [6.07, 6.45) is 1.31. The summed E-state index contributed by atoms with van der Waals surface area (Å²) in [5, 5.41) is 1.47. The lowest BCUT2D eigenvalue weighted by Crippen LogP contribution is -2.34. The SMILES string of the molecule is CCCCS(=O)(=O)C(C)C(=O)Nc1ccc(N)cc1OC. The molecule has 1 atom stereocenters. The van der Waals surface area contributed by atoms with Gasteiger partial charge in [-0.25, -0.2) is 8.42 Å². The first-order valence-electron chi connectivity index (χ1n) is 6.77. The molecule has 0 aliphatic carbocycles. The molecule has 118 valence electrons. The second-order valence-electron chi connectivity index (χ2n) is 4.81. The number of benzene rings is 1. The first kappa shape index (κ1) is 17.3. The highest BCUT2D eigenvalue weighted by Crippen LogP contribution is 2.27. The minimum atomic E-state index is -3.45. The summed E-state index contributed by atoms with van der Waals surface area (Å²) in [5.74, 6) is -0.174. The van der Waals surface area contributed by atoms with Gasteiger partial charge in [-0.1, -0.05) is 13.3 Å². The molecule has 0 aromatic heterocycles. The zero-order valence-corrected chi connectivity index (χ0v) is 13.4. The maximum atomic E-state index is 12.1. The molecule has 1 amide bonds. The first-order chi connectivity index (χ1) is 9.81. The number of amides is 1. The lowest BCUT2D eigenvalue weighted by atomic mass is 10.2. The maximum Gasteiger partial charge on any atom is 0.242 e. The third-order valence-corrected chi connectivity index (χ3v) is 5.32. The number of nitrogens with one attached hydrogen (secondary N) is 1. The highest BCUT2D eigenvalue weighted by atomic mass is 32.2. The molecule has 0 spiro atoms. The molecule has 0 aliphatic rings. The number of carbonyl (C=O) groups is 1. The van der Waals surface area contributed by atoms with Gasteiger partial charge in [-0.2, -0.15) is 0 Å². The van der Waals surface area contributed by atoms with E-state index in [0.29, 0.717) is 23.5 Å². The van der Waals surface area contributed by atoms with E-state index in [1.54, 1.807) is 18.2 Å². The van der Waals surface area contributed by atoms with Crippen molar-refractivity contribution in [3.63, 3.8) is 0 Å². The van der Waals surface area contributed by atoms with Crippen molar-refractivity contribution in [3.8, 4) is 5.75 Å². The van der Waals surface area contributed by atoms with Crippen molar-refractivity contribution < 1.29 is 17.9 Å². The van der Waals surface area contributed by atoms with Gasteiger partial charge in [0.1, 0.15) is 11.0 Å². The normalized spacial score (nSPS) is 12.7. The number of rotatable bonds is 7. The Morgan fingerprint density at radius 2 is 2.10 bits per heavy atom. The van der Waals surface area contributed by atoms with Crippen molar-refractivity contribution in [2.75, 3.05) is 23.9 Å². The van der Waals surface area contributed by atoms with Gasteiger partial charge in [-0.3, -0.25) is 4.79 Å². The molecule has 3 N–H and O–H groups in total. The smallest absolute Gasteiger partial charge is 0.242 e. The van der Waals surface area contributed by atoms with Crippen LogP contribution in [0, 0.1) is 0 Å². The van der Waals surface area contributed by atoms with Crippen molar-refractivity contribution in [2.24, 2.45) is 0 Å². The van der Waals surface area contributed by atoms with Crippen LogP contribution in [0.15, 0.2) is 18.2 Å². The number of carbonyl (C=O) groups excluding carboxylic acids is 1. The molecule has 0 saturated heterocycles. The van der Waals surface area contributed by atoms with E-state index < -0.39 is 21.0 Å². The topological polar surface area (TPSA) is 98.5 Å². The summed E-state index contributed by atoms with van der Waals surface area (Å²) in [6, 6.07) is 4.75. The van der Waals surface area contributed by atoms with Gasteiger partial charge in [0.05, 0.1) is 18.6 Å². The van der Waals surface area contributed by atoms with Crippen LogP contribution in [0.25, 0.3) is 0 Å². The molecule has 1 unspecified atom stereocenters. The summed E-state index contributed by atoms with van der Waals surface area (Å²) in [7, 11) is -2.00. The molecule has 0 bridgehead atoms. The minimum absolute atomic E-state index is 0.0109. The Balaban J connectivity index is 2.86. The number of nitrogen functional groups attached to an aromatic ring is 1. The zero-order valence-electron chi connectivity index (χ0n) is 12.5. The number of hydrogen-bond acceptors (Lipinski definition) is 5. The van der Waals surface area contributed by atoms with Crippen LogP contribution in [0.1, 0.15) is 26.7 Å². The van der Waals surface area contributed by atoms with E-state index >= 15 is 0 Å². The molecule has 1 rings (SSSR count). The molecule has 0 heterocycles. The van der Waals surface area contributed by atoms with Crippen molar-refractivity contribution in [1.29, 1.82) is 0 Å². The Kier molecular flexibility index (Phi) is 6.02. The van der Waals surface area contributed by atoms with Gasteiger partial charge >= 0.3 is 0 Å². The predicted molar refractivity (Wildman–Crippen MR) is 84.2 cm³/mol. The van der Waals surface area contributed by atoms with Crippen LogP contribution in [0.5, 0.6) is 5.75 Å². The molecule has 7 heteroatoms. The number of anilines is 2. The quantitative estimate of drug-likeness (QED) is 0.748. The number of nitrogens with two attached hydrogens (primary N) is 1. The number of ether oxygens (including phenoxy) is 1. The van der Waals surface area contributed by atoms with Crippen LogP contribution in [-0.4, -0.2) is 32.4 Å². The summed E-state index contributed by atoms with van der Waals surface area (Å²) in [5.41, 5.74) is 6.52. The molecular formula is C14H22N2O4S. The Morgan fingerprint density at radius 3 is 2.67 bits per heavy atom.